The zero-order valence-electron chi connectivity index (χ0n) is 13.4. The van der Waals surface area contributed by atoms with E-state index in [2.05, 4.69) is 24.1 Å². The second-order valence-electron chi connectivity index (χ2n) is 6.33. The van der Waals surface area contributed by atoms with Gasteiger partial charge in [0.1, 0.15) is 11.6 Å². The molecule has 1 aromatic rings. The van der Waals surface area contributed by atoms with E-state index in [1.54, 1.807) is 7.11 Å². The Labute approximate surface area is 127 Å². The molecule has 1 N–H and O–H groups in total. The Balaban J connectivity index is 2.00. The van der Waals surface area contributed by atoms with Crippen molar-refractivity contribution < 1.29 is 9.13 Å². The number of nitrogens with one attached hydrogen (secondary N) is 1. The van der Waals surface area contributed by atoms with Crippen molar-refractivity contribution in [2.75, 3.05) is 26.7 Å². The molecule has 0 amide bonds. The van der Waals surface area contributed by atoms with Crippen LogP contribution in [0.5, 0.6) is 5.75 Å². The first-order valence-electron chi connectivity index (χ1n) is 7.86. The predicted octanol–water partition coefficient (Wildman–Crippen LogP) is 3.04. The topological polar surface area (TPSA) is 24.5 Å². The molecule has 1 aromatic carbocycles. The van der Waals surface area contributed by atoms with Crippen molar-refractivity contribution in [3.05, 3.63) is 29.6 Å². The Morgan fingerprint density at radius 3 is 2.90 bits per heavy atom. The summed E-state index contributed by atoms with van der Waals surface area (Å²) in [7, 11) is 1.56. The lowest BCUT2D eigenvalue weighted by molar-refractivity contribution is 0.244. The van der Waals surface area contributed by atoms with Gasteiger partial charge in [0.2, 0.25) is 0 Å². The molecular weight excluding hydrogens is 267 g/mol. The molecule has 0 spiro atoms. The highest BCUT2D eigenvalue weighted by molar-refractivity contribution is 5.28. The number of hydrogen-bond acceptors (Lipinski definition) is 3. The van der Waals surface area contributed by atoms with Gasteiger partial charge in [-0.15, -0.1) is 0 Å². The number of methoxy groups -OCH3 is 1. The van der Waals surface area contributed by atoms with Crippen LogP contribution in [0.3, 0.4) is 0 Å². The highest BCUT2D eigenvalue weighted by atomic mass is 19.1. The highest BCUT2D eigenvalue weighted by Crippen LogP contribution is 2.19. The Morgan fingerprint density at radius 2 is 2.24 bits per heavy atom. The molecule has 1 fully saturated rings. The van der Waals surface area contributed by atoms with Gasteiger partial charge in [-0.25, -0.2) is 4.39 Å². The van der Waals surface area contributed by atoms with E-state index < -0.39 is 0 Å². The summed E-state index contributed by atoms with van der Waals surface area (Å²) >= 11 is 0. The average molecular weight is 294 g/mol. The summed E-state index contributed by atoms with van der Waals surface area (Å²) in [6.45, 7) is 8.24. The van der Waals surface area contributed by atoms with E-state index in [0.29, 0.717) is 24.3 Å². The minimum absolute atomic E-state index is 0.174. The van der Waals surface area contributed by atoms with Crippen LogP contribution in [0.25, 0.3) is 0 Å². The first kappa shape index (κ1) is 16.2. The second-order valence-corrected chi connectivity index (χ2v) is 6.33. The van der Waals surface area contributed by atoms with Gasteiger partial charge in [0.05, 0.1) is 7.11 Å². The minimum atomic E-state index is -0.174. The third kappa shape index (κ3) is 4.97. The fourth-order valence-electron chi connectivity index (χ4n) is 2.97. The molecule has 0 aromatic heterocycles. The first-order valence-corrected chi connectivity index (χ1v) is 7.86. The van der Waals surface area contributed by atoms with Gasteiger partial charge in [-0.3, -0.25) is 4.90 Å². The SMILES string of the molecule is COc1ccc(CN2CCCNC(CC(C)C)C2)c(F)c1. The van der Waals surface area contributed by atoms with Crippen LogP contribution in [-0.2, 0) is 6.54 Å². The summed E-state index contributed by atoms with van der Waals surface area (Å²) in [6.07, 6.45) is 2.29. The lowest BCUT2D eigenvalue weighted by Gasteiger charge is -2.25. The van der Waals surface area contributed by atoms with Crippen LogP contribution in [0, 0.1) is 11.7 Å². The maximum absolute atomic E-state index is 14.1. The monoisotopic (exact) mass is 294 g/mol. The van der Waals surface area contributed by atoms with Crippen LogP contribution in [0.2, 0.25) is 0 Å². The average Bonchev–Trinajstić information content (AvgIpc) is 2.65. The van der Waals surface area contributed by atoms with Crippen LogP contribution in [-0.4, -0.2) is 37.7 Å². The Hall–Kier alpha value is -1.13. The molecule has 1 saturated heterocycles. The maximum Gasteiger partial charge on any atom is 0.131 e. The molecule has 1 unspecified atom stereocenters. The lowest BCUT2D eigenvalue weighted by Crippen LogP contribution is -2.38. The van der Waals surface area contributed by atoms with Gasteiger partial charge in [0.15, 0.2) is 0 Å². The van der Waals surface area contributed by atoms with E-state index in [1.807, 2.05) is 12.1 Å². The number of nitrogens with zero attached hydrogens (tertiary/aromatic N) is 1. The number of halogens is 1. The van der Waals surface area contributed by atoms with Crippen LogP contribution in [0.15, 0.2) is 18.2 Å². The molecule has 1 heterocycles. The molecule has 0 aliphatic carbocycles. The highest BCUT2D eigenvalue weighted by Gasteiger charge is 2.19. The third-order valence-corrected chi connectivity index (χ3v) is 3.97. The number of benzene rings is 1. The molecule has 3 nitrogen and oxygen atoms in total. The molecule has 0 radical (unpaired) electrons. The standard InChI is InChI=1S/C17H27FN2O/c1-13(2)9-15-12-20(8-4-7-19-15)11-14-5-6-16(21-3)10-17(14)18/h5-6,10,13,15,19H,4,7-9,11-12H2,1-3H3. The van der Waals surface area contributed by atoms with Crippen LogP contribution in [0.1, 0.15) is 32.3 Å². The summed E-state index contributed by atoms with van der Waals surface area (Å²) < 4.78 is 19.1. The zero-order chi connectivity index (χ0) is 15.2. The largest absolute Gasteiger partial charge is 0.497 e. The molecular formula is C17H27FN2O. The molecule has 1 aliphatic heterocycles. The Morgan fingerprint density at radius 1 is 1.43 bits per heavy atom. The van der Waals surface area contributed by atoms with Crippen LogP contribution < -0.4 is 10.1 Å². The van der Waals surface area contributed by atoms with E-state index in [0.717, 1.165) is 31.6 Å². The van der Waals surface area contributed by atoms with Gasteiger partial charge in [-0.1, -0.05) is 19.9 Å². The van der Waals surface area contributed by atoms with Gasteiger partial charge in [0, 0.05) is 30.8 Å². The molecule has 0 bridgehead atoms. The van der Waals surface area contributed by atoms with E-state index in [-0.39, 0.29) is 5.82 Å². The molecule has 21 heavy (non-hydrogen) atoms. The molecule has 1 aliphatic rings. The van der Waals surface area contributed by atoms with Crippen LogP contribution >= 0.6 is 0 Å². The summed E-state index contributed by atoms with van der Waals surface area (Å²) in [5.74, 6) is 1.08. The number of rotatable bonds is 5. The Kier molecular flexibility index (Phi) is 6.00. The number of hydrogen-bond donors (Lipinski definition) is 1. The van der Waals surface area contributed by atoms with Crippen molar-refractivity contribution in [1.82, 2.24) is 10.2 Å². The van der Waals surface area contributed by atoms with Crippen LogP contribution in [0.4, 0.5) is 4.39 Å². The molecule has 2 rings (SSSR count). The summed E-state index contributed by atoms with van der Waals surface area (Å²) in [6, 6.07) is 5.65. The zero-order valence-corrected chi connectivity index (χ0v) is 13.4. The van der Waals surface area contributed by atoms with E-state index >= 15 is 0 Å². The van der Waals surface area contributed by atoms with Crippen molar-refractivity contribution in [3.63, 3.8) is 0 Å². The predicted molar refractivity (Wildman–Crippen MR) is 84.1 cm³/mol. The van der Waals surface area contributed by atoms with Crippen molar-refractivity contribution in [2.45, 2.75) is 39.3 Å². The number of ether oxygens (including phenoxy) is 1. The molecule has 1 atom stereocenters. The second kappa shape index (κ2) is 7.76. The fourth-order valence-corrected chi connectivity index (χ4v) is 2.97. The Bertz CT molecular complexity index is 450. The van der Waals surface area contributed by atoms with Crippen molar-refractivity contribution >= 4 is 0 Å². The van der Waals surface area contributed by atoms with Crippen molar-refractivity contribution in [1.29, 1.82) is 0 Å². The molecule has 4 heteroatoms. The third-order valence-electron chi connectivity index (χ3n) is 3.97. The smallest absolute Gasteiger partial charge is 0.131 e. The molecule has 0 saturated carbocycles. The van der Waals surface area contributed by atoms with Gasteiger partial charge >= 0.3 is 0 Å². The first-order chi connectivity index (χ1) is 10.1. The summed E-state index contributed by atoms with van der Waals surface area (Å²) in [5.41, 5.74) is 0.751. The molecule has 118 valence electrons. The lowest BCUT2D eigenvalue weighted by atomic mass is 10.0. The minimum Gasteiger partial charge on any atom is -0.497 e. The van der Waals surface area contributed by atoms with E-state index in [9.17, 15) is 4.39 Å². The van der Waals surface area contributed by atoms with Gasteiger partial charge in [0.25, 0.3) is 0 Å². The quantitative estimate of drug-likeness (QED) is 0.903. The summed E-state index contributed by atoms with van der Waals surface area (Å²) in [5, 5.41) is 3.61. The fraction of sp³-hybridized carbons (Fsp3) is 0.647. The van der Waals surface area contributed by atoms with E-state index in [4.69, 9.17) is 4.74 Å². The van der Waals surface area contributed by atoms with Gasteiger partial charge < -0.3 is 10.1 Å². The maximum atomic E-state index is 14.1. The van der Waals surface area contributed by atoms with Gasteiger partial charge in [-0.05, 0) is 37.9 Å². The normalized spacial score (nSPS) is 20.5. The van der Waals surface area contributed by atoms with Gasteiger partial charge in [-0.2, -0.15) is 0 Å². The van der Waals surface area contributed by atoms with Crippen molar-refractivity contribution in [3.8, 4) is 5.75 Å². The summed E-state index contributed by atoms with van der Waals surface area (Å²) in [4.78, 5) is 2.36. The van der Waals surface area contributed by atoms with Crippen molar-refractivity contribution in [2.24, 2.45) is 5.92 Å². The van der Waals surface area contributed by atoms with E-state index in [1.165, 1.54) is 12.5 Å².